The Labute approximate surface area is 192 Å². The van der Waals surface area contributed by atoms with Gasteiger partial charge in [0.2, 0.25) is 5.91 Å². The Morgan fingerprint density at radius 2 is 1.83 bits per heavy atom. The first-order chi connectivity index (χ1) is 14.5. The highest BCUT2D eigenvalue weighted by molar-refractivity contribution is 7.99. The molecule has 1 saturated heterocycles. The van der Waals surface area contributed by atoms with E-state index in [4.69, 9.17) is 11.6 Å². The number of rotatable bonds is 5. The number of carbonyl (C=O) groups is 2. The third kappa shape index (κ3) is 5.06. The molecule has 0 aliphatic carbocycles. The van der Waals surface area contributed by atoms with Gasteiger partial charge in [0.1, 0.15) is 9.88 Å². The van der Waals surface area contributed by atoms with E-state index in [1.54, 1.807) is 0 Å². The van der Waals surface area contributed by atoms with Gasteiger partial charge in [-0.2, -0.15) is 11.8 Å². The van der Waals surface area contributed by atoms with E-state index in [1.165, 1.54) is 22.7 Å². The summed E-state index contributed by atoms with van der Waals surface area (Å²) in [7, 11) is 0. The first kappa shape index (κ1) is 21.4. The fraction of sp³-hybridized carbons (Fsp3) is 0.286. The highest BCUT2D eigenvalue weighted by Crippen LogP contribution is 2.35. The summed E-state index contributed by atoms with van der Waals surface area (Å²) < 4.78 is 0.696. The van der Waals surface area contributed by atoms with Crippen LogP contribution >= 0.6 is 46.0 Å². The molecule has 4 rings (SSSR count). The molecule has 3 aromatic rings. The van der Waals surface area contributed by atoms with Crippen molar-refractivity contribution in [1.29, 1.82) is 0 Å². The zero-order chi connectivity index (χ0) is 21.1. The van der Waals surface area contributed by atoms with E-state index < -0.39 is 0 Å². The van der Waals surface area contributed by atoms with E-state index in [9.17, 15) is 9.59 Å². The van der Waals surface area contributed by atoms with Gasteiger partial charge in [0, 0.05) is 30.3 Å². The van der Waals surface area contributed by atoms with E-state index in [2.05, 4.69) is 10.3 Å². The van der Waals surface area contributed by atoms with Crippen LogP contribution in [0.4, 0.5) is 5.69 Å². The van der Waals surface area contributed by atoms with Crippen molar-refractivity contribution in [2.24, 2.45) is 0 Å². The van der Waals surface area contributed by atoms with Crippen molar-refractivity contribution >= 4 is 63.5 Å². The SMILES string of the molecule is Cc1nc(-c2ccc(Cl)s2)sc1C(=O)Nc1ccc(CC(=O)N2CCSCC2)cc1. The van der Waals surface area contributed by atoms with Gasteiger partial charge in [-0.25, -0.2) is 4.98 Å². The molecule has 0 radical (unpaired) electrons. The van der Waals surface area contributed by atoms with E-state index in [0.717, 1.165) is 40.0 Å². The topological polar surface area (TPSA) is 62.3 Å². The molecule has 0 unspecified atom stereocenters. The third-order valence-electron chi connectivity index (χ3n) is 4.72. The van der Waals surface area contributed by atoms with Crippen LogP contribution in [0.25, 0.3) is 9.88 Å². The van der Waals surface area contributed by atoms with Crippen molar-refractivity contribution in [2.75, 3.05) is 29.9 Å². The van der Waals surface area contributed by atoms with Gasteiger partial charge in [-0.3, -0.25) is 9.59 Å². The molecule has 0 bridgehead atoms. The lowest BCUT2D eigenvalue weighted by Crippen LogP contribution is -2.38. The number of nitrogens with one attached hydrogen (secondary N) is 1. The number of hydrogen-bond acceptors (Lipinski definition) is 6. The van der Waals surface area contributed by atoms with Crippen molar-refractivity contribution in [2.45, 2.75) is 13.3 Å². The first-order valence-corrected chi connectivity index (χ1v) is 12.6. The number of thioether (sulfide) groups is 1. The second-order valence-electron chi connectivity index (χ2n) is 6.86. The van der Waals surface area contributed by atoms with Crippen molar-refractivity contribution in [3.8, 4) is 9.88 Å². The number of thiophene rings is 1. The third-order valence-corrected chi connectivity index (χ3v) is 8.22. The van der Waals surface area contributed by atoms with Crippen LogP contribution in [0.5, 0.6) is 0 Å². The smallest absolute Gasteiger partial charge is 0.267 e. The average molecular weight is 478 g/mol. The minimum atomic E-state index is -0.187. The summed E-state index contributed by atoms with van der Waals surface area (Å²) in [5.41, 5.74) is 2.33. The average Bonchev–Trinajstić information content (AvgIpc) is 3.35. The molecule has 5 nitrogen and oxygen atoms in total. The van der Waals surface area contributed by atoms with Crippen LogP contribution in [0.3, 0.4) is 0 Å². The summed E-state index contributed by atoms with van der Waals surface area (Å²) in [4.78, 5) is 33.1. The molecule has 0 spiro atoms. The van der Waals surface area contributed by atoms with E-state index >= 15 is 0 Å². The second-order valence-corrected chi connectivity index (χ2v) is 10.8. The largest absolute Gasteiger partial charge is 0.341 e. The summed E-state index contributed by atoms with van der Waals surface area (Å²) in [5, 5.41) is 3.71. The number of hydrogen-bond donors (Lipinski definition) is 1. The van der Waals surface area contributed by atoms with Gasteiger partial charge < -0.3 is 10.2 Å². The number of aromatic nitrogens is 1. The van der Waals surface area contributed by atoms with Gasteiger partial charge in [0.25, 0.3) is 5.91 Å². The normalized spacial score (nSPS) is 14.0. The number of benzene rings is 1. The van der Waals surface area contributed by atoms with Gasteiger partial charge in [-0.05, 0) is 36.8 Å². The van der Waals surface area contributed by atoms with Gasteiger partial charge in [-0.1, -0.05) is 23.7 Å². The summed E-state index contributed by atoms with van der Waals surface area (Å²) in [6.45, 7) is 3.48. The summed E-state index contributed by atoms with van der Waals surface area (Å²) in [6, 6.07) is 11.2. The van der Waals surface area contributed by atoms with Crippen LogP contribution in [0, 0.1) is 6.92 Å². The Bertz CT molecular complexity index is 1060. The Kier molecular flexibility index (Phi) is 6.77. The molecule has 1 fully saturated rings. The molecule has 0 saturated carbocycles. The molecule has 2 amide bonds. The molecule has 156 valence electrons. The Balaban J connectivity index is 1.39. The number of amides is 2. The highest BCUT2D eigenvalue weighted by Gasteiger charge is 2.19. The summed E-state index contributed by atoms with van der Waals surface area (Å²) in [5.74, 6) is 1.99. The first-order valence-electron chi connectivity index (χ1n) is 9.48. The van der Waals surface area contributed by atoms with Crippen LogP contribution in [0.2, 0.25) is 4.34 Å². The molecule has 1 aliphatic rings. The minimum absolute atomic E-state index is 0.161. The fourth-order valence-electron chi connectivity index (χ4n) is 3.13. The maximum Gasteiger partial charge on any atom is 0.267 e. The lowest BCUT2D eigenvalue weighted by molar-refractivity contribution is -0.130. The zero-order valence-electron chi connectivity index (χ0n) is 16.3. The molecule has 9 heteroatoms. The molecule has 0 atom stereocenters. The lowest BCUT2D eigenvalue weighted by atomic mass is 10.1. The zero-order valence-corrected chi connectivity index (χ0v) is 19.5. The van der Waals surface area contributed by atoms with Crippen LogP contribution in [-0.2, 0) is 11.2 Å². The van der Waals surface area contributed by atoms with Gasteiger partial charge in [0.05, 0.1) is 21.3 Å². The molecule has 1 N–H and O–H groups in total. The second kappa shape index (κ2) is 9.51. The maximum absolute atomic E-state index is 12.7. The summed E-state index contributed by atoms with van der Waals surface area (Å²) >= 11 is 10.7. The molecule has 30 heavy (non-hydrogen) atoms. The number of nitrogens with zero attached hydrogens (tertiary/aromatic N) is 2. The predicted molar refractivity (Wildman–Crippen MR) is 127 cm³/mol. The summed E-state index contributed by atoms with van der Waals surface area (Å²) in [6.07, 6.45) is 0.388. The van der Waals surface area contributed by atoms with Crippen molar-refractivity contribution in [1.82, 2.24) is 9.88 Å². The Morgan fingerprint density at radius 3 is 2.50 bits per heavy atom. The number of aryl methyl sites for hydroxylation is 1. The van der Waals surface area contributed by atoms with Crippen molar-refractivity contribution in [3.05, 3.63) is 56.9 Å². The van der Waals surface area contributed by atoms with Gasteiger partial charge >= 0.3 is 0 Å². The molecule has 1 aromatic carbocycles. The molecule has 3 heterocycles. The molecule has 2 aromatic heterocycles. The van der Waals surface area contributed by atoms with E-state index in [1.807, 2.05) is 60.0 Å². The Morgan fingerprint density at radius 1 is 1.10 bits per heavy atom. The van der Waals surface area contributed by atoms with Crippen LogP contribution < -0.4 is 5.32 Å². The quantitative estimate of drug-likeness (QED) is 0.548. The minimum Gasteiger partial charge on any atom is -0.341 e. The van der Waals surface area contributed by atoms with Crippen LogP contribution in [-0.4, -0.2) is 46.3 Å². The number of halogens is 1. The predicted octanol–water partition coefficient (Wildman–Crippen LogP) is 5.20. The van der Waals surface area contributed by atoms with Crippen LogP contribution in [0.1, 0.15) is 20.9 Å². The molecular formula is C21H20ClN3O2S3. The van der Waals surface area contributed by atoms with Crippen molar-refractivity contribution < 1.29 is 9.59 Å². The fourth-order valence-corrected chi connectivity index (χ4v) is 6.10. The van der Waals surface area contributed by atoms with Crippen LogP contribution in [0.15, 0.2) is 36.4 Å². The number of thiazole rings is 1. The number of carbonyl (C=O) groups excluding carboxylic acids is 2. The highest BCUT2D eigenvalue weighted by atomic mass is 35.5. The molecular weight excluding hydrogens is 458 g/mol. The van der Waals surface area contributed by atoms with Gasteiger partial charge in [0.15, 0.2) is 0 Å². The maximum atomic E-state index is 12.7. The standard InChI is InChI=1S/C21H20ClN3O2S3/c1-13-19(30-21(23-13)16-6-7-17(22)29-16)20(27)24-15-4-2-14(3-5-15)12-18(26)25-8-10-28-11-9-25/h2-7H,8-12H2,1H3,(H,24,27). The van der Waals surface area contributed by atoms with E-state index in [0.29, 0.717) is 27.0 Å². The molecule has 1 aliphatic heterocycles. The van der Waals surface area contributed by atoms with Crippen molar-refractivity contribution in [3.63, 3.8) is 0 Å². The number of anilines is 1. The van der Waals surface area contributed by atoms with Gasteiger partial charge in [-0.15, -0.1) is 22.7 Å². The monoisotopic (exact) mass is 477 g/mol. The lowest BCUT2D eigenvalue weighted by Gasteiger charge is -2.26. The Hall–Kier alpha value is -1.87. The van der Waals surface area contributed by atoms with E-state index in [-0.39, 0.29) is 11.8 Å².